The van der Waals surface area contributed by atoms with Gasteiger partial charge in [-0.3, -0.25) is 9.59 Å². The van der Waals surface area contributed by atoms with Crippen LogP contribution >= 0.6 is 11.6 Å². The largest absolute Gasteiger partial charge is 0.459 e. The number of ether oxygens (including phenoxy) is 1. The molecule has 3 rings (SSSR count). The number of hydrogen-bond donors (Lipinski definition) is 1. The number of carbonyl (C=O) groups is 3. The normalized spacial score (nSPS) is 14.2. The van der Waals surface area contributed by atoms with Gasteiger partial charge in [0.25, 0.3) is 11.8 Å². The van der Waals surface area contributed by atoms with E-state index in [0.717, 1.165) is 10.5 Å². The number of benzene rings is 2. The predicted molar refractivity (Wildman–Crippen MR) is 117 cm³/mol. The maximum Gasteiger partial charge on any atom is 0.338 e. The molecule has 30 heavy (non-hydrogen) atoms. The van der Waals surface area contributed by atoms with Crippen molar-refractivity contribution in [2.45, 2.75) is 39.7 Å². The van der Waals surface area contributed by atoms with Crippen LogP contribution in [0.2, 0.25) is 0 Å². The number of nitrogens with one attached hydrogen (secondary N) is 1. The molecule has 0 fully saturated rings. The molecule has 0 spiro atoms. The molecule has 0 bridgehead atoms. The lowest BCUT2D eigenvalue weighted by molar-refractivity contribution is -0.120. The molecular formula is C23H23ClN2O4. The van der Waals surface area contributed by atoms with E-state index in [1.807, 2.05) is 12.1 Å². The second kappa shape index (κ2) is 8.71. The lowest BCUT2D eigenvalue weighted by Gasteiger charge is -2.16. The summed E-state index contributed by atoms with van der Waals surface area (Å²) in [6.45, 7) is 7.67. The minimum absolute atomic E-state index is 0.00731. The summed E-state index contributed by atoms with van der Waals surface area (Å²) in [6.07, 6.45) is -0.220. The molecule has 7 heteroatoms. The molecule has 6 nitrogen and oxygen atoms in total. The van der Waals surface area contributed by atoms with Crippen LogP contribution in [0.3, 0.4) is 0 Å². The van der Waals surface area contributed by atoms with Gasteiger partial charge in [-0.25, -0.2) is 9.69 Å². The molecule has 0 aromatic heterocycles. The molecule has 0 saturated heterocycles. The van der Waals surface area contributed by atoms with Gasteiger partial charge in [0.05, 0.1) is 17.4 Å². The number of imide groups is 1. The van der Waals surface area contributed by atoms with E-state index in [4.69, 9.17) is 16.3 Å². The number of anilines is 2. The average molecular weight is 427 g/mol. The van der Waals surface area contributed by atoms with Gasteiger partial charge < -0.3 is 10.1 Å². The third-order valence-corrected chi connectivity index (χ3v) is 4.93. The van der Waals surface area contributed by atoms with Crippen LogP contribution in [-0.4, -0.2) is 23.9 Å². The molecule has 1 N–H and O–H groups in total. The molecule has 2 aromatic carbocycles. The van der Waals surface area contributed by atoms with E-state index >= 15 is 0 Å². The zero-order valence-corrected chi connectivity index (χ0v) is 18.0. The fourth-order valence-corrected chi connectivity index (χ4v) is 3.18. The molecular weight excluding hydrogens is 404 g/mol. The number of nitrogens with zero attached hydrogens (tertiary/aromatic N) is 1. The van der Waals surface area contributed by atoms with E-state index in [2.05, 4.69) is 19.2 Å². The van der Waals surface area contributed by atoms with E-state index in [1.165, 1.54) is 0 Å². The van der Waals surface area contributed by atoms with Crippen molar-refractivity contribution in [3.05, 3.63) is 70.4 Å². The average Bonchev–Trinajstić information content (AvgIpc) is 2.91. The number of hydrogen-bond acceptors (Lipinski definition) is 5. The van der Waals surface area contributed by atoms with Gasteiger partial charge in [0.2, 0.25) is 0 Å². The predicted octanol–water partition coefficient (Wildman–Crippen LogP) is 4.81. The summed E-state index contributed by atoms with van der Waals surface area (Å²) in [7, 11) is 0. The minimum atomic E-state index is -0.585. The van der Waals surface area contributed by atoms with Crippen molar-refractivity contribution in [3.8, 4) is 0 Å². The monoisotopic (exact) mass is 426 g/mol. The van der Waals surface area contributed by atoms with Crippen molar-refractivity contribution in [1.82, 2.24) is 0 Å². The Morgan fingerprint density at radius 3 is 2.07 bits per heavy atom. The summed E-state index contributed by atoms with van der Waals surface area (Å²) in [4.78, 5) is 38.5. The molecule has 1 aliphatic rings. The van der Waals surface area contributed by atoms with E-state index in [0.29, 0.717) is 22.9 Å². The quantitative estimate of drug-likeness (QED) is 0.529. The highest BCUT2D eigenvalue weighted by molar-refractivity contribution is 6.53. The Kier molecular flexibility index (Phi) is 6.27. The van der Waals surface area contributed by atoms with E-state index in [9.17, 15) is 14.4 Å². The zero-order valence-electron chi connectivity index (χ0n) is 17.2. The van der Waals surface area contributed by atoms with Crippen LogP contribution in [-0.2, 0) is 14.3 Å². The highest BCUT2D eigenvalue weighted by Gasteiger charge is 2.38. The van der Waals surface area contributed by atoms with Crippen molar-refractivity contribution in [2.75, 3.05) is 10.2 Å². The Morgan fingerprint density at radius 1 is 0.933 bits per heavy atom. The summed E-state index contributed by atoms with van der Waals surface area (Å²) in [5.41, 5.74) is 2.45. The van der Waals surface area contributed by atoms with Crippen LogP contribution in [0.25, 0.3) is 0 Å². The van der Waals surface area contributed by atoms with Crippen LogP contribution in [0.1, 0.15) is 49.5 Å². The van der Waals surface area contributed by atoms with Gasteiger partial charge >= 0.3 is 5.97 Å². The Bertz CT molecular complexity index is 1010. The number of halogens is 1. The Balaban J connectivity index is 1.77. The van der Waals surface area contributed by atoms with Crippen LogP contribution in [0.4, 0.5) is 11.4 Å². The minimum Gasteiger partial charge on any atom is -0.459 e. The summed E-state index contributed by atoms with van der Waals surface area (Å²) >= 11 is 6.17. The van der Waals surface area contributed by atoms with Crippen molar-refractivity contribution in [1.29, 1.82) is 0 Å². The molecule has 1 heterocycles. The van der Waals surface area contributed by atoms with Gasteiger partial charge in [-0.15, -0.1) is 0 Å². The molecule has 2 amide bonds. The van der Waals surface area contributed by atoms with Crippen LogP contribution in [0, 0.1) is 0 Å². The smallest absolute Gasteiger partial charge is 0.338 e. The molecule has 0 atom stereocenters. The van der Waals surface area contributed by atoms with E-state index in [1.54, 1.807) is 50.2 Å². The van der Waals surface area contributed by atoms with Crippen molar-refractivity contribution in [2.24, 2.45) is 0 Å². The molecule has 0 radical (unpaired) electrons. The SMILES string of the molecule is CC(C)OC(=O)c1ccc(NC2=C(Cl)C(=O)N(c3ccc(C(C)C)cc3)C2=O)cc1. The number of esters is 1. The fourth-order valence-electron chi connectivity index (χ4n) is 2.97. The van der Waals surface area contributed by atoms with Gasteiger partial charge in [-0.2, -0.15) is 0 Å². The maximum atomic E-state index is 12.9. The van der Waals surface area contributed by atoms with Crippen molar-refractivity contribution in [3.63, 3.8) is 0 Å². The standard InChI is InChI=1S/C23H23ClN2O4/c1-13(2)15-7-11-18(12-8-15)26-21(27)19(24)20(22(26)28)25-17-9-5-16(6-10-17)23(29)30-14(3)4/h5-14,25H,1-4H3. The van der Waals surface area contributed by atoms with Crippen molar-refractivity contribution < 1.29 is 19.1 Å². The first kappa shape index (κ1) is 21.6. The number of carbonyl (C=O) groups excluding carboxylic acids is 3. The lowest BCUT2D eigenvalue weighted by Crippen LogP contribution is -2.32. The Hall–Kier alpha value is -3.12. The van der Waals surface area contributed by atoms with Gasteiger partial charge in [-0.1, -0.05) is 37.6 Å². The summed E-state index contributed by atoms with van der Waals surface area (Å²) in [5.74, 6) is -1.22. The highest BCUT2D eigenvalue weighted by atomic mass is 35.5. The number of amides is 2. The fraction of sp³-hybridized carbons (Fsp3) is 0.261. The zero-order chi connectivity index (χ0) is 22.0. The van der Waals surface area contributed by atoms with Gasteiger partial charge in [0.15, 0.2) is 0 Å². The summed E-state index contributed by atoms with van der Waals surface area (Å²) in [5, 5.41) is 2.71. The molecule has 0 unspecified atom stereocenters. The molecule has 1 aliphatic heterocycles. The molecule has 156 valence electrons. The first-order valence-electron chi connectivity index (χ1n) is 9.65. The summed E-state index contributed by atoms with van der Waals surface area (Å²) < 4.78 is 5.15. The highest BCUT2D eigenvalue weighted by Crippen LogP contribution is 2.31. The van der Waals surface area contributed by atoms with Gasteiger partial charge in [-0.05, 0) is 61.7 Å². The van der Waals surface area contributed by atoms with Gasteiger partial charge in [0, 0.05) is 5.69 Å². The van der Waals surface area contributed by atoms with Gasteiger partial charge in [0.1, 0.15) is 10.7 Å². The second-order valence-electron chi connectivity index (χ2n) is 7.54. The third kappa shape index (κ3) is 4.39. The Labute approximate surface area is 180 Å². The Morgan fingerprint density at radius 2 is 1.53 bits per heavy atom. The lowest BCUT2D eigenvalue weighted by atomic mass is 10.0. The van der Waals surface area contributed by atoms with Crippen LogP contribution in [0.5, 0.6) is 0 Å². The summed E-state index contributed by atoms with van der Waals surface area (Å²) in [6, 6.07) is 13.6. The van der Waals surface area contributed by atoms with Crippen molar-refractivity contribution >= 4 is 40.8 Å². The maximum absolute atomic E-state index is 12.9. The molecule has 2 aromatic rings. The molecule has 0 saturated carbocycles. The van der Waals surface area contributed by atoms with E-state index in [-0.39, 0.29) is 16.8 Å². The van der Waals surface area contributed by atoms with Crippen LogP contribution < -0.4 is 10.2 Å². The third-order valence-electron chi connectivity index (χ3n) is 4.58. The van der Waals surface area contributed by atoms with E-state index < -0.39 is 17.8 Å². The topological polar surface area (TPSA) is 75.7 Å². The van der Waals surface area contributed by atoms with Crippen LogP contribution in [0.15, 0.2) is 59.3 Å². The second-order valence-corrected chi connectivity index (χ2v) is 7.92. The first-order chi connectivity index (χ1) is 14.2. The molecule has 0 aliphatic carbocycles. The first-order valence-corrected chi connectivity index (χ1v) is 10.0. The number of rotatable bonds is 6.